The molecule has 88 valence electrons. The number of nitrogens with two attached hydrogens (primary N) is 1. The van der Waals surface area contributed by atoms with Gasteiger partial charge in [0.05, 0.1) is 11.9 Å². The molecule has 0 saturated heterocycles. The first-order valence-corrected chi connectivity index (χ1v) is 5.72. The first kappa shape index (κ1) is 11.0. The molecule has 0 spiro atoms. The molecule has 1 amide bonds. The molecular weight excluding hydrogens is 204 g/mol. The molecule has 0 aromatic carbocycles. The smallest absolute Gasteiger partial charge is 0.239 e. The largest absolute Gasteiger partial charge is 0.380 e. The second-order valence-corrected chi connectivity index (χ2v) is 4.55. The Hall–Kier alpha value is -1.52. The van der Waals surface area contributed by atoms with Crippen LogP contribution >= 0.6 is 0 Å². The van der Waals surface area contributed by atoms with Gasteiger partial charge in [-0.2, -0.15) is 5.10 Å². The summed E-state index contributed by atoms with van der Waals surface area (Å²) >= 11 is 0. The standard InChI is InChI=1S/C11H18N4O/c1-8-3-2-4-10(8)14-9-5-13-15(6-9)7-11(12)16/h5-6,8,10,14H,2-4,7H2,1H3,(H2,12,16). The monoisotopic (exact) mass is 222 g/mol. The first-order valence-electron chi connectivity index (χ1n) is 5.72. The summed E-state index contributed by atoms with van der Waals surface area (Å²) in [4.78, 5) is 10.7. The van der Waals surface area contributed by atoms with Crippen LogP contribution in [0.1, 0.15) is 26.2 Å². The fourth-order valence-electron chi connectivity index (χ4n) is 2.26. The van der Waals surface area contributed by atoms with Crippen LogP contribution in [0.15, 0.2) is 12.4 Å². The fourth-order valence-corrected chi connectivity index (χ4v) is 2.26. The number of carbonyl (C=O) groups is 1. The minimum Gasteiger partial charge on any atom is -0.380 e. The van der Waals surface area contributed by atoms with Crippen molar-refractivity contribution in [1.82, 2.24) is 9.78 Å². The Morgan fingerprint density at radius 2 is 2.50 bits per heavy atom. The summed E-state index contributed by atoms with van der Waals surface area (Å²) in [6, 6.07) is 0.534. The maximum Gasteiger partial charge on any atom is 0.239 e. The molecule has 1 saturated carbocycles. The van der Waals surface area contributed by atoms with Crippen LogP contribution in [0.25, 0.3) is 0 Å². The van der Waals surface area contributed by atoms with Crippen molar-refractivity contribution in [2.24, 2.45) is 11.7 Å². The van der Waals surface area contributed by atoms with Gasteiger partial charge in [0.25, 0.3) is 0 Å². The van der Waals surface area contributed by atoms with Gasteiger partial charge in [0, 0.05) is 12.2 Å². The summed E-state index contributed by atoms with van der Waals surface area (Å²) in [6.45, 7) is 2.40. The van der Waals surface area contributed by atoms with Crippen LogP contribution < -0.4 is 11.1 Å². The average Bonchev–Trinajstić information content (AvgIpc) is 2.77. The number of amides is 1. The van der Waals surface area contributed by atoms with Crippen molar-refractivity contribution in [3.8, 4) is 0 Å². The minimum atomic E-state index is -0.371. The van der Waals surface area contributed by atoms with E-state index in [0.717, 1.165) is 5.69 Å². The van der Waals surface area contributed by atoms with Crippen molar-refractivity contribution in [3.05, 3.63) is 12.4 Å². The molecule has 5 nitrogen and oxygen atoms in total. The molecule has 3 N–H and O–H groups in total. The Balaban J connectivity index is 1.94. The zero-order chi connectivity index (χ0) is 11.5. The predicted octanol–water partition coefficient (Wildman–Crippen LogP) is 0.969. The number of hydrogen-bond acceptors (Lipinski definition) is 3. The topological polar surface area (TPSA) is 72.9 Å². The highest BCUT2D eigenvalue weighted by atomic mass is 16.1. The fraction of sp³-hybridized carbons (Fsp3) is 0.636. The van der Waals surface area contributed by atoms with E-state index in [1.807, 2.05) is 6.20 Å². The highest BCUT2D eigenvalue weighted by Gasteiger charge is 2.23. The number of nitrogens with zero attached hydrogens (tertiary/aromatic N) is 2. The van der Waals surface area contributed by atoms with Crippen LogP contribution in [-0.4, -0.2) is 21.7 Å². The molecule has 1 heterocycles. The SMILES string of the molecule is CC1CCCC1Nc1cnn(CC(N)=O)c1. The van der Waals surface area contributed by atoms with Gasteiger partial charge in [-0.3, -0.25) is 9.48 Å². The van der Waals surface area contributed by atoms with Gasteiger partial charge in [-0.05, 0) is 18.8 Å². The number of rotatable bonds is 4. The highest BCUT2D eigenvalue weighted by molar-refractivity contribution is 5.73. The van der Waals surface area contributed by atoms with Gasteiger partial charge in [0.1, 0.15) is 6.54 Å². The Kier molecular flexibility index (Phi) is 3.12. The van der Waals surface area contributed by atoms with E-state index in [1.54, 1.807) is 10.9 Å². The summed E-state index contributed by atoms with van der Waals surface area (Å²) < 4.78 is 1.56. The molecule has 2 atom stereocenters. The maximum atomic E-state index is 10.7. The van der Waals surface area contributed by atoms with Crippen LogP contribution in [0.2, 0.25) is 0 Å². The molecule has 2 rings (SSSR count). The first-order chi connectivity index (χ1) is 7.65. The van der Waals surface area contributed by atoms with Crippen LogP contribution in [-0.2, 0) is 11.3 Å². The van der Waals surface area contributed by atoms with Crippen LogP contribution in [0, 0.1) is 5.92 Å². The van der Waals surface area contributed by atoms with E-state index in [4.69, 9.17) is 5.73 Å². The molecule has 1 aromatic heterocycles. The molecule has 1 fully saturated rings. The van der Waals surface area contributed by atoms with Gasteiger partial charge in [-0.25, -0.2) is 0 Å². The van der Waals surface area contributed by atoms with Crippen molar-refractivity contribution < 1.29 is 4.79 Å². The van der Waals surface area contributed by atoms with E-state index in [0.29, 0.717) is 12.0 Å². The third kappa shape index (κ3) is 2.53. The number of aromatic nitrogens is 2. The number of primary amides is 1. The van der Waals surface area contributed by atoms with Gasteiger partial charge >= 0.3 is 0 Å². The summed E-state index contributed by atoms with van der Waals surface area (Å²) in [5, 5.41) is 7.53. The van der Waals surface area contributed by atoms with Gasteiger partial charge in [-0.15, -0.1) is 0 Å². The Morgan fingerprint density at radius 1 is 1.69 bits per heavy atom. The van der Waals surface area contributed by atoms with Gasteiger partial charge in [0.2, 0.25) is 5.91 Å². The van der Waals surface area contributed by atoms with E-state index < -0.39 is 0 Å². The second kappa shape index (κ2) is 4.55. The lowest BCUT2D eigenvalue weighted by molar-refractivity contribution is -0.118. The Bertz CT molecular complexity index is 374. The normalized spacial score (nSPS) is 24.6. The minimum absolute atomic E-state index is 0.141. The molecule has 2 unspecified atom stereocenters. The van der Waals surface area contributed by atoms with E-state index in [9.17, 15) is 4.79 Å². The van der Waals surface area contributed by atoms with Crippen LogP contribution in [0.3, 0.4) is 0 Å². The molecule has 1 aromatic rings. The summed E-state index contributed by atoms with van der Waals surface area (Å²) in [7, 11) is 0. The molecule has 1 aliphatic rings. The Labute approximate surface area is 95.0 Å². The predicted molar refractivity (Wildman–Crippen MR) is 61.8 cm³/mol. The van der Waals surface area contributed by atoms with Gasteiger partial charge in [0.15, 0.2) is 0 Å². The highest BCUT2D eigenvalue weighted by Crippen LogP contribution is 2.27. The van der Waals surface area contributed by atoms with E-state index in [1.165, 1.54) is 19.3 Å². The third-order valence-corrected chi connectivity index (χ3v) is 3.16. The van der Waals surface area contributed by atoms with E-state index in [2.05, 4.69) is 17.3 Å². The number of nitrogens with one attached hydrogen (secondary N) is 1. The number of anilines is 1. The van der Waals surface area contributed by atoms with Crippen molar-refractivity contribution in [3.63, 3.8) is 0 Å². The number of carbonyl (C=O) groups excluding carboxylic acids is 1. The lowest BCUT2D eigenvalue weighted by Gasteiger charge is -2.16. The molecular formula is C11H18N4O. The molecule has 0 bridgehead atoms. The van der Waals surface area contributed by atoms with Crippen LogP contribution in [0.4, 0.5) is 5.69 Å². The molecule has 16 heavy (non-hydrogen) atoms. The molecule has 0 aliphatic heterocycles. The zero-order valence-corrected chi connectivity index (χ0v) is 9.52. The maximum absolute atomic E-state index is 10.7. The van der Waals surface area contributed by atoms with Crippen molar-refractivity contribution in [2.45, 2.75) is 38.8 Å². The van der Waals surface area contributed by atoms with Crippen molar-refractivity contribution in [2.75, 3.05) is 5.32 Å². The molecule has 1 aliphatic carbocycles. The van der Waals surface area contributed by atoms with Crippen molar-refractivity contribution >= 4 is 11.6 Å². The molecule has 0 radical (unpaired) electrons. The average molecular weight is 222 g/mol. The lowest BCUT2D eigenvalue weighted by atomic mass is 10.1. The third-order valence-electron chi connectivity index (χ3n) is 3.16. The van der Waals surface area contributed by atoms with Gasteiger partial charge in [-0.1, -0.05) is 13.3 Å². The van der Waals surface area contributed by atoms with E-state index in [-0.39, 0.29) is 12.5 Å². The molecule has 5 heteroatoms. The van der Waals surface area contributed by atoms with Crippen molar-refractivity contribution in [1.29, 1.82) is 0 Å². The zero-order valence-electron chi connectivity index (χ0n) is 9.52. The number of hydrogen-bond donors (Lipinski definition) is 2. The summed E-state index contributed by atoms with van der Waals surface area (Å²) in [5.74, 6) is 0.336. The van der Waals surface area contributed by atoms with Crippen LogP contribution in [0.5, 0.6) is 0 Å². The summed E-state index contributed by atoms with van der Waals surface area (Å²) in [6.07, 6.45) is 7.35. The van der Waals surface area contributed by atoms with E-state index >= 15 is 0 Å². The quantitative estimate of drug-likeness (QED) is 0.797. The van der Waals surface area contributed by atoms with Gasteiger partial charge < -0.3 is 11.1 Å². The lowest BCUT2D eigenvalue weighted by Crippen LogP contribution is -2.21. The second-order valence-electron chi connectivity index (χ2n) is 4.55. The Morgan fingerprint density at radius 3 is 3.12 bits per heavy atom. The summed E-state index contributed by atoms with van der Waals surface area (Å²) in [5.41, 5.74) is 6.07.